The molecule has 0 unspecified atom stereocenters. The Labute approximate surface area is 118 Å². The molecule has 0 spiro atoms. The number of hydrogen-bond acceptors (Lipinski definition) is 3. The van der Waals surface area contributed by atoms with Crippen molar-refractivity contribution in [2.45, 2.75) is 13.8 Å². The summed E-state index contributed by atoms with van der Waals surface area (Å²) < 4.78 is 5.38. The van der Waals surface area contributed by atoms with Gasteiger partial charge in [-0.2, -0.15) is 0 Å². The van der Waals surface area contributed by atoms with Crippen LogP contribution in [0.4, 0.5) is 5.82 Å². The molecule has 2 aromatic rings. The van der Waals surface area contributed by atoms with Crippen LogP contribution in [-0.4, -0.2) is 32.6 Å². The minimum Gasteiger partial charge on any atom is -0.373 e. The van der Waals surface area contributed by atoms with Gasteiger partial charge in [-0.1, -0.05) is 12.1 Å². The van der Waals surface area contributed by atoms with Gasteiger partial charge in [0.25, 0.3) is 5.82 Å². The number of ether oxygens (including phenoxy) is 1. The van der Waals surface area contributed by atoms with Crippen molar-refractivity contribution in [3.63, 3.8) is 0 Å². The van der Waals surface area contributed by atoms with Crippen LogP contribution in [0, 0.1) is 13.8 Å². The molecule has 1 N–H and O–H groups in total. The molecule has 0 atom stereocenters. The molecule has 0 bridgehead atoms. The Morgan fingerprint density at radius 2 is 2.00 bits per heavy atom. The minimum atomic E-state index is 0.705. The Balaban J connectivity index is 2.18. The van der Waals surface area contributed by atoms with E-state index >= 15 is 0 Å². The number of pyridine rings is 1. The second kappa shape index (κ2) is 5.21. The predicted octanol–water partition coefficient (Wildman–Crippen LogP) is 1.92. The smallest absolute Gasteiger partial charge is 0.285 e. The van der Waals surface area contributed by atoms with Crippen molar-refractivity contribution < 1.29 is 14.5 Å². The number of aryl methyl sites for hydroxylation is 2. The van der Waals surface area contributed by atoms with Gasteiger partial charge in [-0.3, -0.25) is 9.69 Å². The highest BCUT2D eigenvalue weighted by Crippen LogP contribution is 2.23. The van der Waals surface area contributed by atoms with Gasteiger partial charge in [-0.25, -0.2) is 4.98 Å². The molecule has 3 rings (SSSR count). The quantitative estimate of drug-likeness (QED) is 0.784. The van der Waals surface area contributed by atoms with Gasteiger partial charge in [0.2, 0.25) is 0 Å². The lowest BCUT2D eigenvalue weighted by Crippen LogP contribution is -2.40. The summed E-state index contributed by atoms with van der Waals surface area (Å²) in [5.74, 6) is 0.907. The Morgan fingerprint density at radius 3 is 2.70 bits per heavy atom. The maximum Gasteiger partial charge on any atom is 0.285 e. The van der Waals surface area contributed by atoms with E-state index in [1.807, 2.05) is 6.07 Å². The van der Waals surface area contributed by atoms with E-state index in [0.29, 0.717) is 18.8 Å². The lowest BCUT2D eigenvalue weighted by Gasteiger charge is -2.22. The lowest BCUT2D eigenvalue weighted by atomic mass is 10.0. The maximum absolute atomic E-state index is 11.4. The number of hydrogen-bond donors (Lipinski definition) is 0. The number of anilines is 1. The van der Waals surface area contributed by atoms with Crippen LogP contribution < -0.4 is 9.88 Å². The van der Waals surface area contributed by atoms with Gasteiger partial charge in [-0.05, 0) is 31.0 Å². The van der Waals surface area contributed by atoms with Gasteiger partial charge < -0.3 is 4.74 Å². The summed E-state index contributed by atoms with van der Waals surface area (Å²) in [4.78, 5) is 17.0. The fourth-order valence-electron chi connectivity index (χ4n) is 2.69. The second-order valence-electron chi connectivity index (χ2n) is 5.26. The number of rotatable bonds is 2. The summed E-state index contributed by atoms with van der Waals surface area (Å²) in [6.45, 7) is 7.25. The first-order valence-electron chi connectivity index (χ1n) is 6.95. The highest BCUT2D eigenvalue weighted by Gasteiger charge is 2.24. The molecule has 1 aromatic heterocycles. The van der Waals surface area contributed by atoms with Crippen molar-refractivity contribution in [1.82, 2.24) is 0 Å². The number of aromatic amines is 1. The second-order valence-corrected chi connectivity index (χ2v) is 5.26. The lowest BCUT2D eigenvalue weighted by molar-refractivity contribution is -0.331. The van der Waals surface area contributed by atoms with E-state index in [2.05, 4.69) is 35.9 Å². The summed E-state index contributed by atoms with van der Waals surface area (Å²) in [6, 6.07) is 6.12. The van der Waals surface area contributed by atoms with Gasteiger partial charge in [-0.15, -0.1) is 0 Å². The first kappa shape index (κ1) is 13.1. The van der Waals surface area contributed by atoms with E-state index in [1.165, 1.54) is 11.1 Å². The molecular weight excluding hydrogens is 252 g/mol. The number of morpholine rings is 1. The molecule has 2 heterocycles. The largest absolute Gasteiger partial charge is 0.373 e. The molecule has 4 heteroatoms. The van der Waals surface area contributed by atoms with Crippen molar-refractivity contribution in [3.8, 4) is 0 Å². The first-order chi connectivity index (χ1) is 9.70. The van der Waals surface area contributed by atoms with Gasteiger partial charge in [0.15, 0.2) is 6.29 Å². The van der Waals surface area contributed by atoms with Crippen molar-refractivity contribution in [3.05, 3.63) is 34.9 Å². The molecule has 20 heavy (non-hydrogen) atoms. The van der Waals surface area contributed by atoms with Gasteiger partial charge >= 0.3 is 0 Å². The Kier molecular flexibility index (Phi) is 3.40. The van der Waals surface area contributed by atoms with E-state index in [0.717, 1.165) is 36.1 Å². The number of benzene rings is 1. The SMILES string of the molecule is Cc1ccc2cc(C=O)c(N3CCOCC3)[nH+]c2c1C. The highest BCUT2D eigenvalue weighted by atomic mass is 16.5. The number of nitrogens with zero attached hydrogens (tertiary/aromatic N) is 1. The molecule has 0 aliphatic carbocycles. The van der Waals surface area contributed by atoms with Crippen molar-refractivity contribution in [2.24, 2.45) is 0 Å². The maximum atomic E-state index is 11.4. The van der Waals surface area contributed by atoms with E-state index in [-0.39, 0.29) is 0 Å². The third kappa shape index (κ3) is 2.16. The molecule has 4 nitrogen and oxygen atoms in total. The number of nitrogens with one attached hydrogen (secondary N) is 1. The van der Waals surface area contributed by atoms with Crippen LogP contribution in [0.25, 0.3) is 10.9 Å². The standard InChI is InChI=1S/C16H18N2O2/c1-11-3-4-13-9-14(10-19)16(17-15(13)12(11)2)18-5-7-20-8-6-18/h3-4,9-10H,5-8H2,1-2H3/p+1. The number of H-pyrrole nitrogens is 1. The monoisotopic (exact) mass is 271 g/mol. The van der Waals surface area contributed by atoms with Crippen LogP contribution in [-0.2, 0) is 4.74 Å². The van der Waals surface area contributed by atoms with Crippen molar-refractivity contribution in [2.75, 3.05) is 31.2 Å². The molecule has 0 amide bonds. The van der Waals surface area contributed by atoms with E-state index < -0.39 is 0 Å². The number of fused-ring (bicyclic) bond motifs is 1. The molecule has 0 saturated carbocycles. The molecule has 0 radical (unpaired) electrons. The summed E-state index contributed by atoms with van der Waals surface area (Å²) >= 11 is 0. The Bertz CT molecular complexity index is 661. The number of carbonyl (C=O) groups is 1. The molecular formula is C16H19N2O2+. The van der Waals surface area contributed by atoms with Crippen molar-refractivity contribution in [1.29, 1.82) is 0 Å². The molecule has 1 saturated heterocycles. The van der Waals surface area contributed by atoms with Crippen molar-refractivity contribution >= 4 is 23.0 Å². The zero-order valence-corrected chi connectivity index (χ0v) is 11.9. The van der Waals surface area contributed by atoms with Gasteiger partial charge in [0, 0.05) is 5.39 Å². The normalized spacial score (nSPS) is 15.6. The molecule has 1 aliphatic rings. The van der Waals surface area contributed by atoms with Crippen LogP contribution in [0.15, 0.2) is 18.2 Å². The van der Waals surface area contributed by atoms with Crippen LogP contribution in [0.2, 0.25) is 0 Å². The van der Waals surface area contributed by atoms with Crippen LogP contribution >= 0.6 is 0 Å². The van der Waals surface area contributed by atoms with Gasteiger partial charge in [0.05, 0.1) is 13.2 Å². The summed E-state index contributed by atoms with van der Waals surface area (Å²) in [7, 11) is 0. The average molecular weight is 271 g/mol. The summed E-state index contributed by atoms with van der Waals surface area (Å²) in [6.07, 6.45) is 0.927. The van der Waals surface area contributed by atoms with Gasteiger partial charge in [0.1, 0.15) is 24.2 Å². The number of aldehydes is 1. The van der Waals surface area contributed by atoms with E-state index in [1.54, 1.807) is 0 Å². The fourth-order valence-corrected chi connectivity index (χ4v) is 2.69. The van der Waals surface area contributed by atoms with Crippen LogP contribution in [0.5, 0.6) is 0 Å². The van der Waals surface area contributed by atoms with E-state index in [4.69, 9.17) is 4.74 Å². The van der Waals surface area contributed by atoms with E-state index in [9.17, 15) is 4.79 Å². The first-order valence-corrected chi connectivity index (χ1v) is 6.95. The number of carbonyl (C=O) groups excluding carboxylic acids is 1. The zero-order valence-electron chi connectivity index (χ0n) is 11.9. The summed E-state index contributed by atoms with van der Waals surface area (Å²) in [5.41, 5.74) is 4.30. The third-order valence-corrected chi connectivity index (χ3v) is 4.05. The molecule has 104 valence electrons. The minimum absolute atomic E-state index is 0.705. The average Bonchev–Trinajstić information content (AvgIpc) is 2.51. The third-order valence-electron chi connectivity index (χ3n) is 4.05. The summed E-state index contributed by atoms with van der Waals surface area (Å²) in [5, 5.41) is 1.08. The Hall–Kier alpha value is -1.94. The fraction of sp³-hybridized carbons (Fsp3) is 0.375. The number of aromatic nitrogens is 1. The topological polar surface area (TPSA) is 43.7 Å². The van der Waals surface area contributed by atoms with Crippen LogP contribution in [0.1, 0.15) is 21.5 Å². The molecule has 1 fully saturated rings. The molecule has 1 aromatic carbocycles. The highest BCUT2D eigenvalue weighted by molar-refractivity contribution is 5.90. The molecule has 1 aliphatic heterocycles. The predicted molar refractivity (Wildman–Crippen MR) is 78.4 cm³/mol. The Morgan fingerprint density at radius 1 is 1.25 bits per heavy atom. The van der Waals surface area contributed by atoms with Crippen LogP contribution in [0.3, 0.4) is 0 Å². The zero-order chi connectivity index (χ0) is 14.1.